The van der Waals surface area contributed by atoms with Gasteiger partial charge in [-0.05, 0) is 36.0 Å². The molecule has 0 atom stereocenters. The van der Waals surface area contributed by atoms with Crippen LogP contribution in [0.5, 0.6) is 0 Å². The fourth-order valence-corrected chi connectivity index (χ4v) is 2.09. The summed E-state index contributed by atoms with van der Waals surface area (Å²) in [6.45, 7) is 5.91. The Bertz CT molecular complexity index is 475. The Morgan fingerprint density at radius 2 is 1.78 bits per heavy atom. The molecule has 0 aliphatic carbocycles. The third-order valence-electron chi connectivity index (χ3n) is 2.85. The zero-order chi connectivity index (χ0) is 13.9. The Balaban J connectivity index is 3.53. The van der Waals surface area contributed by atoms with Crippen LogP contribution in [-0.4, -0.2) is 22.2 Å². The first-order valence-electron chi connectivity index (χ1n) is 5.99. The molecule has 1 aromatic rings. The van der Waals surface area contributed by atoms with Gasteiger partial charge in [0, 0.05) is 0 Å². The van der Waals surface area contributed by atoms with Gasteiger partial charge in [0.25, 0.3) is 0 Å². The molecular weight excluding hydrogens is 232 g/mol. The van der Waals surface area contributed by atoms with Gasteiger partial charge in [-0.15, -0.1) is 0 Å². The number of aromatic carboxylic acids is 2. The molecule has 98 valence electrons. The van der Waals surface area contributed by atoms with Crippen molar-refractivity contribution in [3.63, 3.8) is 0 Å². The van der Waals surface area contributed by atoms with Gasteiger partial charge >= 0.3 is 11.9 Å². The van der Waals surface area contributed by atoms with E-state index in [-0.39, 0.29) is 17.0 Å². The van der Waals surface area contributed by atoms with Gasteiger partial charge in [-0.25, -0.2) is 9.59 Å². The van der Waals surface area contributed by atoms with Crippen LogP contribution >= 0.6 is 0 Å². The van der Waals surface area contributed by atoms with Crippen LogP contribution in [-0.2, 0) is 12.8 Å². The third-order valence-corrected chi connectivity index (χ3v) is 2.85. The number of carboxylic acid groups (broad SMARTS) is 2. The lowest BCUT2D eigenvalue weighted by Crippen LogP contribution is -2.15. The maximum absolute atomic E-state index is 11.3. The number of aryl methyl sites for hydroxylation is 1. The van der Waals surface area contributed by atoms with Crippen molar-refractivity contribution in [1.29, 1.82) is 0 Å². The van der Waals surface area contributed by atoms with Crippen molar-refractivity contribution in [3.8, 4) is 0 Å². The van der Waals surface area contributed by atoms with Gasteiger partial charge in [-0.1, -0.05) is 26.8 Å². The Morgan fingerprint density at radius 3 is 2.17 bits per heavy atom. The first-order chi connectivity index (χ1) is 8.38. The van der Waals surface area contributed by atoms with Crippen molar-refractivity contribution in [3.05, 3.63) is 34.4 Å². The van der Waals surface area contributed by atoms with Crippen LogP contribution in [0.3, 0.4) is 0 Å². The number of hydrogen-bond donors (Lipinski definition) is 2. The summed E-state index contributed by atoms with van der Waals surface area (Å²) >= 11 is 0. The molecule has 2 N–H and O–H groups in total. The van der Waals surface area contributed by atoms with Gasteiger partial charge in [-0.3, -0.25) is 0 Å². The molecule has 4 nitrogen and oxygen atoms in total. The molecule has 0 spiro atoms. The summed E-state index contributed by atoms with van der Waals surface area (Å²) in [6, 6.07) is 3.10. The summed E-state index contributed by atoms with van der Waals surface area (Å²) in [7, 11) is 0. The van der Waals surface area contributed by atoms with Gasteiger partial charge in [0.2, 0.25) is 0 Å². The highest BCUT2D eigenvalue weighted by atomic mass is 16.4. The van der Waals surface area contributed by atoms with E-state index in [4.69, 9.17) is 5.11 Å². The van der Waals surface area contributed by atoms with E-state index >= 15 is 0 Å². The number of carboxylic acids is 2. The summed E-state index contributed by atoms with van der Waals surface area (Å²) in [6.07, 6.45) is 1.27. The second kappa shape index (κ2) is 5.67. The molecule has 0 aromatic heterocycles. The van der Waals surface area contributed by atoms with E-state index in [1.54, 1.807) is 6.07 Å². The van der Waals surface area contributed by atoms with Crippen molar-refractivity contribution >= 4 is 11.9 Å². The van der Waals surface area contributed by atoms with E-state index in [1.165, 1.54) is 6.07 Å². The molecule has 0 aliphatic rings. The standard InChI is InChI=1S/C14H18O4/c1-4-9-5-6-10(13(15)16)12(14(17)18)11(9)7-8(2)3/h5-6,8H,4,7H2,1-3H3,(H,15,16)(H,17,18). The van der Waals surface area contributed by atoms with E-state index in [1.807, 2.05) is 20.8 Å². The van der Waals surface area contributed by atoms with Gasteiger partial charge in [-0.2, -0.15) is 0 Å². The molecule has 0 fully saturated rings. The third kappa shape index (κ3) is 2.88. The lowest BCUT2D eigenvalue weighted by molar-refractivity contribution is 0.0650. The summed E-state index contributed by atoms with van der Waals surface area (Å²) in [5.74, 6) is -2.09. The highest BCUT2D eigenvalue weighted by molar-refractivity contribution is 6.03. The Morgan fingerprint density at radius 1 is 1.17 bits per heavy atom. The Labute approximate surface area is 106 Å². The van der Waals surface area contributed by atoms with Gasteiger partial charge in [0.05, 0.1) is 11.1 Å². The molecule has 1 rings (SSSR count). The van der Waals surface area contributed by atoms with Crippen molar-refractivity contribution in [2.24, 2.45) is 5.92 Å². The molecule has 0 aliphatic heterocycles. The maximum Gasteiger partial charge on any atom is 0.336 e. The zero-order valence-corrected chi connectivity index (χ0v) is 10.9. The smallest absolute Gasteiger partial charge is 0.336 e. The number of hydrogen-bond acceptors (Lipinski definition) is 2. The molecule has 1 aromatic carbocycles. The summed E-state index contributed by atoms with van der Waals surface area (Å²) < 4.78 is 0. The molecular formula is C14H18O4. The Hall–Kier alpha value is -1.84. The topological polar surface area (TPSA) is 74.6 Å². The fourth-order valence-electron chi connectivity index (χ4n) is 2.09. The normalized spacial score (nSPS) is 10.7. The fraction of sp³-hybridized carbons (Fsp3) is 0.429. The zero-order valence-electron chi connectivity index (χ0n) is 10.9. The highest BCUT2D eigenvalue weighted by Gasteiger charge is 2.22. The quantitative estimate of drug-likeness (QED) is 0.842. The lowest BCUT2D eigenvalue weighted by Gasteiger charge is -2.15. The first-order valence-corrected chi connectivity index (χ1v) is 5.99. The minimum atomic E-state index is -1.19. The molecule has 0 radical (unpaired) electrons. The van der Waals surface area contributed by atoms with Crippen LogP contribution in [0.15, 0.2) is 12.1 Å². The number of rotatable bonds is 5. The average Bonchev–Trinajstić information content (AvgIpc) is 2.26. The predicted octanol–water partition coefficient (Wildman–Crippen LogP) is 2.84. The predicted molar refractivity (Wildman–Crippen MR) is 68.3 cm³/mol. The molecule has 0 bridgehead atoms. The lowest BCUT2D eigenvalue weighted by atomic mass is 9.89. The Kier molecular flexibility index (Phi) is 4.48. The van der Waals surface area contributed by atoms with E-state index in [0.29, 0.717) is 18.4 Å². The average molecular weight is 250 g/mol. The second-order valence-corrected chi connectivity index (χ2v) is 4.69. The van der Waals surface area contributed by atoms with Gasteiger partial charge in [0.15, 0.2) is 0 Å². The van der Waals surface area contributed by atoms with Crippen molar-refractivity contribution < 1.29 is 19.8 Å². The number of benzene rings is 1. The van der Waals surface area contributed by atoms with E-state index in [0.717, 1.165) is 5.56 Å². The summed E-state index contributed by atoms with van der Waals surface area (Å²) in [4.78, 5) is 22.4. The first kappa shape index (κ1) is 14.2. The molecule has 0 unspecified atom stereocenters. The molecule has 0 saturated heterocycles. The van der Waals surface area contributed by atoms with E-state index in [2.05, 4.69) is 0 Å². The van der Waals surface area contributed by atoms with Crippen LogP contribution in [0.4, 0.5) is 0 Å². The van der Waals surface area contributed by atoms with Gasteiger partial charge < -0.3 is 10.2 Å². The van der Waals surface area contributed by atoms with Crippen LogP contribution < -0.4 is 0 Å². The van der Waals surface area contributed by atoms with Gasteiger partial charge in [0.1, 0.15) is 0 Å². The van der Waals surface area contributed by atoms with Crippen LogP contribution in [0.25, 0.3) is 0 Å². The van der Waals surface area contributed by atoms with Crippen molar-refractivity contribution in [2.45, 2.75) is 33.6 Å². The minimum Gasteiger partial charge on any atom is -0.478 e. The second-order valence-electron chi connectivity index (χ2n) is 4.69. The monoisotopic (exact) mass is 250 g/mol. The molecule has 0 heterocycles. The SMILES string of the molecule is CCc1ccc(C(=O)O)c(C(=O)O)c1CC(C)C. The van der Waals surface area contributed by atoms with Crippen LogP contribution in [0, 0.1) is 5.92 Å². The van der Waals surface area contributed by atoms with Crippen LogP contribution in [0.1, 0.15) is 52.6 Å². The molecule has 0 saturated carbocycles. The summed E-state index contributed by atoms with van der Waals surface area (Å²) in [5.41, 5.74) is 1.37. The van der Waals surface area contributed by atoms with Crippen molar-refractivity contribution in [1.82, 2.24) is 0 Å². The summed E-state index contributed by atoms with van der Waals surface area (Å²) in [5, 5.41) is 18.3. The molecule has 18 heavy (non-hydrogen) atoms. The van der Waals surface area contributed by atoms with Crippen LogP contribution in [0.2, 0.25) is 0 Å². The minimum absolute atomic E-state index is 0.0597. The highest BCUT2D eigenvalue weighted by Crippen LogP contribution is 2.23. The maximum atomic E-state index is 11.3. The van der Waals surface area contributed by atoms with Crippen molar-refractivity contribution in [2.75, 3.05) is 0 Å². The number of carbonyl (C=O) groups is 2. The molecule has 4 heteroatoms. The van der Waals surface area contributed by atoms with E-state index < -0.39 is 11.9 Å². The molecule has 0 amide bonds. The van der Waals surface area contributed by atoms with E-state index in [9.17, 15) is 14.7 Å². The largest absolute Gasteiger partial charge is 0.478 e.